The van der Waals surface area contributed by atoms with Crippen LogP contribution < -0.4 is 14.8 Å². The van der Waals surface area contributed by atoms with Gasteiger partial charge in [0.15, 0.2) is 11.5 Å². The fourth-order valence-corrected chi connectivity index (χ4v) is 3.49. The Kier molecular flexibility index (Phi) is 7.24. The van der Waals surface area contributed by atoms with Crippen molar-refractivity contribution < 1.29 is 14.3 Å². The molecule has 1 heterocycles. The third kappa shape index (κ3) is 5.72. The number of anilines is 1. The van der Waals surface area contributed by atoms with Crippen LogP contribution in [0.3, 0.4) is 0 Å². The summed E-state index contributed by atoms with van der Waals surface area (Å²) < 4.78 is 10.6. The summed E-state index contributed by atoms with van der Waals surface area (Å²) >= 11 is 1.50. The number of aromatic nitrogens is 2. The van der Waals surface area contributed by atoms with E-state index in [1.807, 2.05) is 42.5 Å². The highest BCUT2D eigenvalue weighted by Gasteiger charge is 2.08. The second-order valence-corrected chi connectivity index (χ2v) is 7.28. The van der Waals surface area contributed by atoms with Crippen molar-refractivity contribution in [2.45, 2.75) is 22.8 Å². The lowest BCUT2D eigenvalue weighted by atomic mass is 10.1. The second-order valence-electron chi connectivity index (χ2n) is 6.19. The van der Waals surface area contributed by atoms with E-state index in [9.17, 15) is 4.79 Å². The van der Waals surface area contributed by atoms with Crippen LogP contribution in [0, 0.1) is 11.3 Å². The summed E-state index contributed by atoms with van der Waals surface area (Å²) in [7, 11) is 3.21. The molecule has 1 aromatic heterocycles. The van der Waals surface area contributed by atoms with E-state index in [1.54, 1.807) is 32.5 Å². The molecular formula is C22H20N4O3S. The van der Waals surface area contributed by atoms with E-state index in [-0.39, 0.29) is 12.3 Å². The Labute approximate surface area is 179 Å². The summed E-state index contributed by atoms with van der Waals surface area (Å²) in [5.74, 6) is 1.72. The number of methoxy groups -OCH3 is 2. The minimum Gasteiger partial charge on any atom is -0.493 e. The highest BCUT2D eigenvalue weighted by atomic mass is 32.2. The molecule has 7 nitrogen and oxygen atoms in total. The fourth-order valence-electron chi connectivity index (χ4n) is 2.70. The number of hydrogen-bond acceptors (Lipinski definition) is 7. The van der Waals surface area contributed by atoms with E-state index in [0.717, 1.165) is 15.5 Å². The predicted molar refractivity (Wildman–Crippen MR) is 114 cm³/mol. The third-order valence-corrected chi connectivity index (χ3v) is 5.03. The number of hydrogen-bond donors (Lipinski definition) is 1. The lowest BCUT2D eigenvalue weighted by Gasteiger charge is -2.09. The molecule has 0 aliphatic heterocycles. The lowest BCUT2D eigenvalue weighted by Crippen LogP contribution is -2.09. The number of nitriles is 1. The molecule has 0 radical (unpaired) electrons. The molecule has 0 atom stereocenters. The molecule has 3 aromatic rings. The van der Waals surface area contributed by atoms with Crippen LogP contribution in [0.15, 0.2) is 64.6 Å². The van der Waals surface area contributed by atoms with Crippen LogP contribution in [0.25, 0.3) is 0 Å². The number of nitrogens with zero attached hydrogens (tertiary/aromatic N) is 3. The molecule has 0 bridgehead atoms. The van der Waals surface area contributed by atoms with E-state index in [2.05, 4.69) is 15.3 Å². The molecule has 0 fully saturated rings. The van der Waals surface area contributed by atoms with Crippen molar-refractivity contribution in [2.75, 3.05) is 19.5 Å². The third-order valence-electron chi connectivity index (χ3n) is 4.09. The van der Waals surface area contributed by atoms with E-state index < -0.39 is 0 Å². The van der Waals surface area contributed by atoms with Gasteiger partial charge in [-0.25, -0.2) is 9.97 Å². The largest absolute Gasteiger partial charge is 0.493 e. The van der Waals surface area contributed by atoms with Crippen molar-refractivity contribution >= 4 is 23.4 Å². The average Bonchev–Trinajstić information content (AvgIpc) is 2.75. The molecule has 8 heteroatoms. The zero-order valence-electron chi connectivity index (χ0n) is 16.6. The van der Waals surface area contributed by atoms with Gasteiger partial charge in [-0.15, -0.1) is 0 Å². The first-order valence-electron chi connectivity index (χ1n) is 9.09. The number of ether oxygens (including phenoxy) is 2. The molecule has 0 saturated heterocycles. The summed E-state index contributed by atoms with van der Waals surface area (Å²) in [6.07, 6.45) is 2.14. The highest BCUT2D eigenvalue weighted by Crippen LogP contribution is 2.29. The minimum absolute atomic E-state index is 0.166. The maximum atomic E-state index is 11.5. The van der Waals surface area contributed by atoms with Crippen molar-refractivity contribution in [1.82, 2.24) is 9.97 Å². The zero-order valence-corrected chi connectivity index (χ0v) is 17.4. The molecular weight excluding hydrogens is 400 g/mol. The van der Waals surface area contributed by atoms with Gasteiger partial charge in [0, 0.05) is 23.2 Å². The van der Waals surface area contributed by atoms with Crippen molar-refractivity contribution in [3.63, 3.8) is 0 Å². The predicted octanol–water partition coefficient (Wildman–Crippen LogP) is 4.09. The van der Waals surface area contributed by atoms with Crippen molar-refractivity contribution in [3.05, 3.63) is 66.1 Å². The fraction of sp³-hybridized carbons (Fsp3) is 0.182. The number of benzene rings is 2. The molecule has 0 spiro atoms. The molecule has 3 rings (SSSR count). The quantitative estimate of drug-likeness (QED) is 0.548. The molecule has 0 unspecified atom stereocenters. The van der Waals surface area contributed by atoms with Crippen LogP contribution in [-0.2, 0) is 11.2 Å². The molecule has 1 amide bonds. The van der Waals surface area contributed by atoms with Gasteiger partial charge in [-0.2, -0.15) is 5.26 Å². The Bertz CT molecular complexity index is 1060. The van der Waals surface area contributed by atoms with Gasteiger partial charge in [0.05, 0.1) is 20.3 Å². The van der Waals surface area contributed by atoms with Gasteiger partial charge in [0.2, 0.25) is 5.91 Å². The van der Waals surface area contributed by atoms with Gasteiger partial charge >= 0.3 is 0 Å². The Morgan fingerprint density at radius 1 is 1.10 bits per heavy atom. The van der Waals surface area contributed by atoms with E-state index in [4.69, 9.17) is 14.7 Å². The first kappa shape index (κ1) is 21.1. The van der Waals surface area contributed by atoms with Gasteiger partial charge < -0.3 is 14.8 Å². The van der Waals surface area contributed by atoms with Gasteiger partial charge in [-0.1, -0.05) is 17.8 Å². The standard InChI is InChI=1S/C22H20N4O3S/c1-28-18-8-3-15(13-19(18)29-2)14-20-24-12-10-22(26-20)30-17-6-4-16(5-7-17)25-21(27)9-11-23/h3-8,10,12-13H,9,14H2,1-2H3,(H,25,27). The van der Waals surface area contributed by atoms with Crippen LogP contribution in [-0.4, -0.2) is 30.1 Å². The van der Waals surface area contributed by atoms with Gasteiger partial charge in [-0.3, -0.25) is 4.79 Å². The number of amides is 1. The smallest absolute Gasteiger partial charge is 0.238 e. The SMILES string of the molecule is COc1ccc(Cc2nccc(Sc3ccc(NC(=O)CC#N)cc3)n2)cc1OC. The minimum atomic E-state index is -0.325. The van der Waals surface area contributed by atoms with Gasteiger partial charge in [0.1, 0.15) is 17.3 Å². The summed E-state index contributed by atoms with van der Waals surface area (Å²) in [5.41, 5.74) is 1.67. The summed E-state index contributed by atoms with van der Waals surface area (Å²) in [5, 5.41) is 12.0. The van der Waals surface area contributed by atoms with Crippen LogP contribution in [0.2, 0.25) is 0 Å². The summed E-state index contributed by atoms with van der Waals surface area (Å²) in [6, 6.07) is 16.8. The molecule has 0 saturated carbocycles. The molecule has 152 valence electrons. The maximum absolute atomic E-state index is 11.5. The molecule has 1 N–H and O–H groups in total. The van der Waals surface area contributed by atoms with Crippen LogP contribution in [0.4, 0.5) is 5.69 Å². The Hall–Kier alpha value is -3.57. The average molecular weight is 420 g/mol. The van der Waals surface area contributed by atoms with Crippen LogP contribution in [0.1, 0.15) is 17.8 Å². The topological polar surface area (TPSA) is 97.1 Å². The Morgan fingerprint density at radius 2 is 1.87 bits per heavy atom. The normalized spacial score (nSPS) is 10.2. The van der Waals surface area contributed by atoms with Gasteiger partial charge in [-0.05, 0) is 48.0 Å². The number of carbonyl (C=O) groups is 1. The molecule has 0 aliphatic carbocycles. The van der Waals surface area contributed by atoms with E-state index in [0.29, 0.717) is 29.4 Å². The van der Waals surface area contributed by atoms with Crippen LogP contribution in [0.5, 0.6) is 11.5 Å². The number of nitrogens with one attached hydrogen (secondary N) is 1. The summed E-state index contributed by atoms with van der Waals surface area (Å²) in [6.45, 7) is 0. The van der Waals surface area contributed by atoms with Gasteiger partial charge in [0.25, 0.3) is 0 Å². The zero-order chi connectivity index (χ0) is 21.3. The van der Waals surface area contributed by atoms with E-state index >= 15 is 0 Å². The van der Waals surface area contributed by atoms with Crippen LogP contribution >= 0.6 is 11.8 Å². The monoisotopic (exact) mass is 420 g/mol. The first-order valence-corrected chi connectivity index (χ1v) is 9.90. The number of carbonyl (C=O) groups excluding carboxylic acids is 1. The number of rotatable bonds is 8. The first-order chi connectivity index (χ1) is 14.6. The van der Waals surface area contributed by atoms with Crippen molar-refractivity contribution in [3.8, 4) is 17.6 Å². The molecule has 30 heavy (non-hydrogen) atoms. The van der Waals surface area contributed by atoms with E-state index in [1.165, 1.54) is 11.8 Å². The maximum Gasteiger partial charge on any atom is 0.238 e. The molecule has 2 aromatic carbocycles. The van der Waals surface area contributed by atoms with Crippen molar-refractivity contribution in [1.29, 1.82) is 5.26 Å². The highest BCUT2D eigenvalue weighted by molar-refractivity contribution is 7.99. The van der Waals surface area contributed by atoms with Crippen molar-refractivity contribution in [2.24, 2.45) is 0 Å². The Morgan fingerprint density at radius 3 is 2.57 bits per heavy atom. The summed E-state index contributed by atoms with van der Waals surface area (Å²) in [4.78, 5) is 21.5. The Balaban J connectivity index is 1.67. The second kappa shape index (κ2) is 10.3. The molecule has 0 aliphatic rings. The lowest BCUT2D eigenvalue weighted by molar-refractivity contribution is -0.115.